The summed E-state index contributed by atoms with van der Waals surface area (Å²) in [5.74, 6) is 0. The lowest BCUT2D eigenvalue weighted by Gasteiger charge is -2.26. The lowest BCUT2D eigenvalue weighted by molar-refractivity contribution is 0.660. The predicted molar refractivity (Wildman–Crippen MR) is 280 cm³/mol. The topological polar surface area (TPSA) is 8.17 Å². The molecule has 0 N–H and O–H groups in total. The first-order chi connectivity index (χ1) is 32.4. The van der Waals surface area contributed by atoms with Crippen LogP contribution in [-0.2, 0) is 5.41 Å². The summed E-state index contributed by atoms with van der Waals surface area (Å²) in [7, 11) is 0. The molecule has 0 bridgehead atoms. The molecule has 10 aromatic carbocycles. The van der Waals surface area contributed by atoms with Crippen LogP contribution in [0, 0.1) is 6.92 Å². The van der Waals surface area contributed by atoms with E-state index in [2.05, 4.69) is 267 Å². The molecular weight excluding hydrogens is 797 g/mol. The zero-order valence-corrected chi connectivity index (χ0v) is 37.4. The highest BCUT2D eigenvalue weighted by molar-refractivity contribution is 6.10. The minimum Gasteiger partial charge on any atom is -0.311 e. The van der Waals surface area contributed by atoms with E-state index in [0.717, 1.165) is 22.7 Å². The standard InChI is InChI=1S/C64H48N2/c1-43-18-38-62-58(40-43)59-41-50(28-39-63(59)66(62)55-35-21-47(22-36-55)45-14-8-5-9-15-45)48-23-31-53(32-24-48)65(52-29-19-46(20-30-52)44-12-6-4-7-13-44)54-33-25-49(26-34-54)51-27-37-57-56-16-10-11-17-60(56)64(2,3)61(57)42-51/h4-42H,1-3H3. The van der Waals surface area contributed by atoms with Gasteiger partial charge in [-0.3, -0.25) is 0 Å². The third-order valence-corrected chi connectivity index (χ3v) is 13.9. The maximum Gasteiger partial charge on any atom is 0.0541 e. The van der Waals surface area contributed by atoms with Crippen LogP contribution in [0.5, 0.6) is 0 Å². The van der Waals surface area contributed by atoms with E-state index in [-0.39, 0.29) is 5.41 Å². The van der Waals surface area contributed by atoms with Crippen LogP contribution in [0.3, 0.4) is 0 Å². The Bertz CT molecular complexity index is 3560. The van der Waals surface area contributed by atoms with Crippen LogP contribution in [0.15, 0.2) is 237 Å². The molecule has 0 saturated heterocycles. The summed E-state index contributed by atoms with van der Waals surface area (Å²) in [5, 5.41) is 2.51. The Hall–Kier alpha value is -8.20. The van der Waals surface area contributed by atoms with Gasteiger partial charge < -0.3 is 9.47 Å². The Labute approximate surface area is 387 Å². The van der Waals surface area contributed by atoms with Gasteiger partial charge >= 0.3 is 0 Å². The van der Waals surface area contributed by atoms with Crippen LogP contribution in [0.1, 0.15) is 30.5 Å². The molecule has 0 amide bonds. The van der Waals surface area contributed by atoms with Gasteiger partial charge in [-0.15, -0.1) is 0 Å². The van der Waals surface area contributed by atoms with Crippen LogP contribution in [0.2, 0.25) is 0 Å². The Morgan fingerprint density at radius 2 is 0.742 bits per heavy atom. The van der Waals surface area contributed by atoms with Crippen LogP contribution in [-0.4, -0.2) is 4.57 Å². The van der Waals surface area contributed by atoms with Gasteiger partial charge in [0.25, 0.3) is 0 Å². The quantitative estimate of drug-likeness (QED) is 0.148. The lowest BCUT2D eigenvalue weighted by Crippen LogP contribution is -2.14. The molecule has 0 saturated carbocycles. The molecule has 66 heavy (non-hydrogen) atoms. The summed E-state index contributed by atoms with van der Waals surface area (Å²) in [5.41, 5.74) is 23.2. The molecule has 0 unspecified atom stereocenters. The number of anilines is 3. The minimum absolute atomic E-state index is 0.0453. The first-order valence-electron chi connectivity index (χ1n) is 23.0. The van der Waals surface area contributed by atoms with Gasteiger partial charge in [-0.25, -0.2) is 0 Å². The normalized spacial score (nSPS) is 12.6. The van der Waals surface area contributed by atoms with Gasteiger partial charge in [0.05, 0.1) is 11.0 Å². The van der Waals surface area contributed by atoms with Crippen molar-refractivity contribution in [3.63, 3.8) is 0 Å². The van der Waals surface area contributed by atoms with Gasteiger partial charge in [0, 0.05) is 38.9 Å². The predicted octanol–water partition coefficient (Wildman–Crippen LogP) is 17.5. The van der Waals surface area contributed by atoms with E-state index in [1.165, 1.54) is 94.1 Å². The maximum atomic E-state index is 2.41. The molecule has 0 radical (unpaired) electrons. The molecule has 1 aliphatic carbocycles. The van der Waals surface area contributed by atoms with Gasteiger partial charge in [0.2, 0.25) is 0 Å². The highest BCUT2D eigenvalue weighted by atomic mass is 15.1. The fourth-order valence-corrected chi connectivity index (χ4v) is 10.4. The maximum absolute atomic E-state index is 2.41. The number of hydrogen-bond donors (Lipinski definition) is 0. The Morgan fingerprint density at radius 3 is 1.32 bits per heavy atom. The fourth-order valence-electron chi connectivity index (χ4n) is 10.4. The van der Waals surface area contributed by atoms with Crippen molar-refractivity contribution in [2.75, 3.05) is 4.90 Å². The Morgan fingerprint density at radius 1 is 0.333 bits per heavy atom. The van der Waals surface area contributed by atoms with Crippen molar-refractivity contribution in [3.8, 4) is 61.3 Å². The van der Waals surface area contributed by atoms with E-state index in [9.17, 15) is 0 Å². The summed E-state index contributed by atoms with van der Waals surface area (Å²) in [6.45, 7) is 6.88. The second-order valence-electron chi connectivity index (χ2n) is 18.3. The van der Waals surface area contributed by atoms with Gasteiger partial charge in [0.15, 0.2) is 0 Å². The molecule has 1 aromatic heterocycles. The molecule has 2 nitrogen and oxygen atoms in total. The Balaban J connectivity index is 0.898. The van der Waals surface area contributed by atoms with Crippen molar-refractivity contribution >= 4 is 38.9 Å². The van der Waals surface area contributed by atoms with Crippen LogP contribution < -0.4 is 4.90 Å². The lowest BCUT2D eigenvalue weighted by atomic mass is 9.81. The van der Waals surface area contributed by atoms with Crippen molar-refractivity contribution in [1.82, 2.24) is 4.57 Å². The highest BCUT2D eigenvalue weighted by Gasteiger charge is 2.35. The van der Waals surface area contributed by atoms with Gasteiger partial charge in [-0.2, -0.15) is 0 Å². The second kappa shape index (κ2) is 15.8. The summed E-state index contributed by atoms with van der Waals surface area (Å²) < 4.78 is 2.40. The molecule has 314 valence electrons. The van der Waals surface area contributed by atoms with E-state index in [1.807, 2.05) is 0 Å². The van der Waals surface area contributed by atoms with E-state index >= 15 is 0 Å². The summed E-state index contributed by atoms with van der Waals surface area (Å²) in [4.78, 5) is 2.37. The first-order valence-corrected chi connectivity index (χ1v) is 23.0. The largest absolute Gasteiger partial charge is 0.311 e. The molecule has 0 aliphatic heterocycles. The van der Waals surface area contributed by atoms with Crippen molar-refractivity contribution < 1.29 is 0 Å². The number of rotatable bonds is 8. The van der Waals surface area contributed by atoms with Gasteiger partial charge in [0.1, 0.15) is 0 Å². The number of aromatic nitrogens is 1. The summed E-state index contributed by atoms with van der Waals surface area (Å²) >= 11 is 0. The Kier molecular flexibility index (Phi) is 9.43. The zero-order valence-electron chi connectivity index (χ0n) is 37.4. The fraction of sp³-hybridized carbons (Fsp3) is 0.0625. The zero-order chi connectivity index (χ0) is 44.4. The second-order valence-corrected chi connectivity index (χ2v) is 18.3. The smallest absolute Gasteiger partial charge is 0.0541 e. The number of fused-ring (bicyclic) bond motifs is 6. The van der Waals surface area contributed by atoms with Crippen LogP contribution in [0.25, 0.3) is 83.1 Å². The summed E-state index contributed by atoms with van der Waals surface area (Å²) in [6, 6.07) is 86.9. The van der Waals surface area contributed by atoms with Crippen molar-refractivity contribution in [2.45, 2.75) is 26.2 Å². The monoisotopic (exact) mass is 844 g/mol. The van der Waals surface area contributed by atoms with E-state index in [1.54, 1.807) is 0 Å². The van der Waals surface area contributed by atoms with Crippen molar-refractivity contribution in [3.05, 3.63) is 253 Å². The van der Waals surface area contributed by atoms with E-state index in [0.29, 0.717) is 0 Å². The number of hydrogen-bond acceptors (Lipinski definition) is 1. The third kappa shape index (κ3) is 6.73. The van der Waals surface area contributed by atoms with Crippen molar-refractivity contribution in [1.29, 1.82) is 0 Å². The SMILES string of the molecule is Cc1ccc2c(c1)c1cc(-c3ccc(N(c4ccc(-c5ccccc5)cc4)c4ccc(-c5ccc6c(c5)C(C)(C)c5ccccc5-6)cc4)cc3)ccc1n2-c1ccc(-c2ccccc2)cc1. The molecule has 0 atom stereocenters. The molecule has 12 rings (SSSR count). The number of aryl methyl sites for hydroxylation is 1. The minimum atomic E-state index is -0.0453. The van der Waals surface area contributed by atoms with Crippen LogP contribution in [0.4, 0.5) is 17.1 Å². The summed E-state index contributed by atoms with van der Waals surface area (Å²) in [6.07, 6.45) is 0. The molecule has 1 heterocycles. The molecule has 1 aliphatic rings. The van der Waals surface area contributed by atoms with Crippen molar-refractivity contribution in [2.24, 2.45) is 0 Å². The first kappa shape index (κ1) is 39.4. The molecule has 0 fully saturated rings. The average Bonchev–Trinajstić information content (AvgIpc) is 3.82. The van der Waals surface area contributed by atoms with Crippen LogP contribution >= 0.6 is 0 Å². The van der Waals surface area contributed by atoms with Gasteiger partial charge in [-0.05, 0) is 153 Å². The molecule has 0 spiro atoms. The highest BCUT2D eigenvalue weighted by Crippen LogP contribution is 2.50. The van der Waals surface area contributed by atoms with Gasteiger partial charge in [-0.1, -0.05) is 177 Å². The molecule has 11 aromatic rings. The van der Waals surface area contributed by atoms with E-state index in [4.69, 9.17) is 0 Å². The third-order valence-electron chi connectivity index (χ3n) is 13.9. The molecular formula is C64H48N2. The molecule has 2 heteroatoms. The average molecular weight is 845 g/mol. The number of benzene rings is 10. The number of nitrogens with zero attached hydrogens (tertiary/aromatic N) is 2. The van der Waals surface area contributed by atoms with E-state index < -0.39 is 0 Å².